The normalized spacial score (nSPS) is 23.8. The minimum absolute atomic E-state index is 0.0999. The van der Waals surface area contributed by atoms with Gasteiger partial charge in [0.15, 0.2) is 0 Å². The number of urea groups is 1. The second-order valence-corrected chi connectivity index (χ2v) is 5.00. The van der Waals surface area contributed by atoms with Crippen LogP contribution in [0.3, 0.4) is 0 Å². The molecule has 2 amide bonds. The van der Waals surface area contributed by atoms with Crippen LogP contribution in [0.1, 0.15) is 32.6 Å². The van der Waals surface area contributed by atoms with Crippen molar-refractivity contribution in [3.63, 3.8) is 0 Å². The van der Waals surface area contributed by atoms with Gasteiger partial charge in [-0.05, 0) is 32.1 Å². The van der Waals surface area contributed by atoms with E-state index >= 15 is 0 Å². The largest absolute Gasteiger partial charge is 0.481 e. The van der Waals surface area contributed by atoms with E-state index in [-0.39, 0.29) is 18.4 Å². The highest BCUT2D eigenvalue weighted by Gasteiger charge is 2.36. The molecule has 1 N–H and O–H groups in total. The zero-order valence-electron chi connectivity index (χ0n) is 10.3. The maximum atomic E-state index is 12.2. The third-order valence-electron chi connectivity index (χ3n) is 3.59. The lowest BCUT2D eigenvalue weighted by Gasteiger charge is -2.27. The Balaban J connectivity index is 1.86. The molecule has 0 spiro atoms. The summed E-state index contributed by atoms with van der Waals surface area (Å²) in [6.45, 7) is 4.07. The lowest BCUT2D eigenvalue weighted by molar-refractivity contribution is -0.138. The first-order valence-corrected chi connectivity index (χ1v) is 6.39. The highest BCUT2D eigenvalue weighted by molar-refractivity contribution is 5.75. The van der Waals surface area contributed by atoms with E-state index in [4.69, 9.17) is 5.11 Å². The predicted octanol–water partition coefficient (Wildman–Crippen LogP) is 1.39. The molecule has 96 valence electrons. The summed E-state index contributed by atoms with van der Waals surface area (Å²) in [6, 6.07) is 0.536. The van der Waals surface area contributed by atoms with Crippen molar-refractivity contribution in [3.05, 3.63) is 0 Å². The fourth-order valence-electron chi connectivity index (χ4n) is 2.54. The number of carbonyl (C=O) groups is 2. The Morgan fingerprint density at radius 2 is 2.06 bits per heavy atom. The van der Waals surface area contributed by atoms with E-state index in [0.29, 0.717) is 19.1 Å². The molecule has 0 aromatic heterocycles. The average molecular weight is 240 g/mol. The Kier molecular flexibility index (Phi) is 3.54. The van der Waals surface area contributed by atoms with Gasteiger partial charge in [0, 0.05) is 32.1 Å². The average Bonchev–Trinajstić information content (AvgIpc) is 2.99. The number of amides is 2. The number of rotatable bonds is 4. The third kappa shape index (κ3) is 2.90. The van der Waals surface area contributed by atoms with E-state index in [1.54, 1.807) is 0 Å². The van der Waals surface area contributed by atoms with Crippen LogP contribution in [0.5, 0.6) is 0 Å². The highest BCUT2D eigenvalue weighted by atomic mass is 16.4. The Labute approximate surface area is 101 Å². The molecule has 1 aliphatic carbocycles. The molecular formula is C12H20N2O3. The van der Waals surface area contributed by atoms with Crippen molar-refractivity contribution < 1.29 is 14.7 Å². The predicted molar refractivity (Wildman–Crippen MR) is 62.7 cm³/mol. The smallest absolute Gasteiger partial charge is 0.320 e. The summed E-state index contributed by atoms with van der Waals surface area (Å²) >= 11 is 0. The van der Waals surface area contributed by atoms with Crippen molar-refractivity contribution in [2.75, 3.05) is 19.6 Å². The van der Waals surface area contributed by atoms with Crippen molar-refractivity contribution >= 4 is 12.0 Å². The number of nitrogens with zero attached hydrogens (tertiary/aromatic N) is 2. The molecule has 2 aliphatic rings. The molecule has 2 rings (SSSR count). The molecule has 0 radical (unpaired) electrons. The van der Waals surface area contributed by atoms with Crippen LogP contribution >= 0.6 is 0 Å². The van der Waals surface area contributed by atoms with Gasteiger partial charge in [0.05, 0.1) is 0 Å². The maximum absolute atomic E-state index is 12.2. The van der Waals surface area contributed by atoms with Crippen LogP contribution in [-0.4, -0.2) is 52.6 Å². The van der Waals surface area contributed by atoms with E-state index in [9.17, 15) is 9.59 Å². The van der Waals surface area contributed by atoms with Crippen LogP contribution in [0.2, 0.25) is 0 Å². The van der Waals surface area contributed by atoms with Crippen LogP contribution in [0.25, 0.3) is 0 Å². The summed E-state index contributed by atoms with van der Waals surface area (Å²) in [5.74, 6) is -0.631. The van der Waals surface area contributed by atoms with Crippen molar-refractivity contribution in [2.45, 2.75) is 38.6 Å². The van der Waals surface area contributed by atoms with Crippen LogP contribution in [-0.2, 0) is 4.79 Å². The van der Waals surface area contributed by atoms with Gasteiger partial charge in [-0.2, -0.15) is 0 Å². The molecule has 1 heterocycles. The Bertz CT molecular complexity index is 315. The molecule has 1 aliphatic heterocycles. The highest BCUT2D eigenvalue weighted by Crippen LogP contribution is 2.29. The first kappa shape index (κ1) is 12.2. The Morgan fingerprint density at radius 1 is 1.35 bits per heavy atom. The summed E-state index contributed by atoms with van der Waals surface area (Å²) in [7, 11) is 0. The number of aliphatic carboxylic acids is 1. The summed E-state index contributed by atoms with van der Waals surface area (Å²) in [4.78, 5) is 26.6. The minimum Gasteiger partial charge on any atom is -0.481 e. The van der Waals surface area contributed by atoms with Gasteiger partial charge in [0.1, 0.15) is 0 Å². The standard InChI is InChI=1S/C12H20N2O3/c1-2-14(10-3-4-10)12(17)13-6-5-9(8-13)7-11(15)16/h9-10H,2-8H2,1H3,(H,15,16). The second kappa shape index (κ2) is 4.94. The quantitative estimate of drug-likeness (QED) is 0.807. The van der Waals surface area contributed by atoms with E-state index < -0.39 is 5.97 Å². The zero-order valence-corrected chi connectivity index (χ0v) is 10.3. The fourth-order valence-corrected chi connectivity index (χ4v) is 2.54. The van der Waals surface area contributed by atoms with Gasteiger partial charge >= 0.3 is 12.0 Å². The Hall–Kier alpha value is -1.26. The molecule has 0 aromatic carbocycles. The van der Waals surface area contributed by atoms with Crippen molar-refractivity contribution in [1.82, 2.24) is 9.80 Å². The molecule has 1 unspecified atom stereocenters. The molecule has 2 fully saturated rings. The lowest BCUT2D eigenvalue weighted by Crippen LogP contribution is -2.43. The molecule has 1 saturated carbocycles. The monoisotopic (exact) mass is 240 g/mol. The first-order valence-electron chi connectivity index (χ1n) is 6.39. The third-order valence-corrected chi connectivity index (χ3v) is 3.59. The summed E-state index contributed by atoms with van der Waals surface area (Å²) < 4.78 is 0. The van der Waals surface area contributed by atoms with Gasteiger partial charge in [-0.1, -0.05) is 0 Å². The molecule has 0 bridgehead atoms. The molecule has 5 heteroatoms. The minimum atomic E-state index is -0.765. The number of likely N-dealkylation sites (tertiary alicyclic amines) is 1. The molecule has 17 heavy (non-hydrogen) atoms. The number of hydrogen-bond acceptors (Lipinski definition) is 2. The van der Waals surface area contributed by atoms with E-state index in [1.165, 1.54) is 0 Å². The molecule has 0 aromatic rings. The van der Waals surface area contributed by atoms with E-state index in [2.05, 4.69) is 0 Å². The van der Waals surface area contributed by atoms with Gasteiger partial charge < -0.3 is 14.9 Å². The molecule has 1 atom stereocenters. The van der Waals surface area contributed by atoms with Gasteiger partial charge in [-0.15, -0.1) is 0 Å². The SMILES string of the molecule is CCN(C(=O)N1CCC(CC(=O)O)C1)C1CC1. The van der Waals surface area contributed by atoms with Gasteiger partial charge in [-0.25, -0.2) is 4.79 Å². The van der Waals surface area contributed by atoms with Gasteiger partial charge in [-0.3, -0.25) is 4.79 Å². The van der Waals surface area contributed by atoms with Gasteiger partial charge in [0.2, 0.25) is 0 Å². The topological polar surface area (TPSA) is 60.9 Å². The van der Waals surface area contributed by atoms with Crippen LogP contribution in [0.4, 0.5) is 4.79 Å². The number of carboxylic acid groups (broad SMARTS) is 1. The zero-order chi connectivity index (χ0) is 12.4. The number of hydrogen-bond donors (Lipinski definition) is 1. The summed E-state index contributed by atoms with van der Waals surface area (Å²) in [6.07, 6.45) is 3.23. The number of carbonyl (C=O) groups excluding carboxylic acids is 1. The summed E-state index contributed by atoms with van der Waals surface area (Å²) in [5, 5.41) is 8.74. The number of carboxylic acids is 1. The van der Waals surface area contributed by atoms with Crippen molar-refractivity contribution in [3.8, 4) is 0 Å². The van der Waals surface area contributed by atoms with E-state index in [0.717, 1.165) is 25.8 Å². The van der Waals surface area contributed by atoms with Crippen molar-refractivity contribution in [1.29, 1.82) is 0 Å². The molecule has 1 saturated heterocycles. The second-order valence-electron chi connectivity index (χ2n) is 5.00. The van der Waals surface area contributed by atoms with Crippen LogP contribution < -0.4 is 0 Å². The Morgan fingerprint density at radius 3 is 2.59 bits per heavy atom. The molecular weight excluding hydrogens is 220 g/mol. The van der Waals surface area contributed by atoms with E-state index in [1.807, 2.05) is 16.7 Å². The first-order chi connectivity index (χ1) is 8.11. The van der Waals surface area contributed by atoms with Gasteiger partial charge in [0.25, 0.3) is 0 Å². The fraction of sp³-hybridized carbons (Fsp3) is 0.833. The lowest BCUT2D eigenvalue weighted by atomic mass is 10.1. The van der Waals surface area contributed by atoms with Crippen LogP contribution in [0, 0.1) is 5.92 Å². The van der Waals surface area contributed by atoms with Crippen LogP contribution in [0.15, 0.2) is 0 Å². The summed E-state index contributed by atoms with van der Waals surface area (Å²) in [5.41, 5.74) is 0. The van der Waals surface area contributed by atoms with Crippen molar-refractivity contribution in [2.24, 2.45) is 5.92 Å². The molecule has 5 nitrogen and oxygen atoms in total. The maximum Gasteiger partial charge on any atom is 0.320 e.